The number of aromatic nitrogens is 1. The van der Waals surface area contributed by atoms with Gasteiger partial charge in [0, 0.05) is 6.20 Å². The van der Waals surface area contributed by atoms with Gasteiger partial charge in [0.1, 0.15) is 11.4 Å². The fourth-order valence-corrected chi connectivity index (χ4v) is 2.26. The van der Waals surface area contributed by atoms with Crippen LogP contribution in [0.15, 0.2) is 30.5 Å². The van der Waals surface area contributed by atoms with Crippen LogP contribution in [0.3, 0.4) is 0 Å². The first kappa shape index (κ1) is 13.6. The third kappa shape index (κ3) is 2.61. The molecule has 0 aliphatic heterocycles. The molecular formula is C15H14ClNO2. The summed E-state index contributed by atoms with van der Waals surface area (Å²) in [6.07, 6.45) is 1.55. The third-order valence-corrected chi connectivity index (χ3v) is 3.17. The molecule has 0 spiro atoms. The van der Waals surface area contributed by atoms with Crippen molar-refractivity contribution < 1.29 is 9.53 Å². The first-order valence-electron chi connectivity index (χ1n) is 5.85. The topological polar surface area (TPSA) is 39.2 Å². The zero-order chi connectivity index (χ0) is 14.0. The van der Waals surface area contributed by atoms with E-state index in [-0.39, 0.29) is 11.5 Å². The maximum atomic E-state index is 12.6. The second-order valence-corrected chi connectivity index (χ2v) is 4.73. The number of carbonyl (C=O) groups is 1. The first-order chi connectivity index (χ1) is 9.04. The van der Waals surface area contributed by atoms with Crippen molar-refractivity contribution in [2.75, 3.05) is 7.11 Å². The van der Waals surface area contributed by atoms with Crippen LogP contribution in [0.25, 0.3) is 0 Å². The van der Waals surface area contributed by atoms with Gasteiger partial charge in [-0.3, -0.25) is 9.78 Å². The highest BCUT2D eigenvalue weighted by Gasteiger charge is 2.20. The van der Waals surface area contributed by atoms with Crippen LogP contribution < -0.4 is 4.74 Å². The molecule has 4 heteroatoms. The van der Waals surface area contributed by atoms with Gasteiger partial charge in [-0.05, 0) is 43.2 Å². The third-order valence-electron chi connectivity index (χ3n) is 2.86. The maximum absolute atomic E-state index is 12.6. The van der Waals surface area contributed by atoms with E-state index in [0.717, 1.165) is 11.1 Å². The summed E-state index contributed by atoms with van der Waals surface area (Å²) in [5, 5.41) is 0.342. The van der Waals surface area contributed by atoms with Crippen molar-refractivity contribution in [3.63, 3.8) is 0 Å². The molecule has 0 unspecified atom stereocenters. The largest absolute Gasteiger partial charge is 0.496 e. The second kappa shape index (κ2) is 5.41. The normalized spacial score (nSPS) is 10.3. The minimum Gasteiger partial charge on any atom is -0.496 e. The summed E-state index contributed by atoms with van der Waals surface area (Å²) in [4.78, 5) is 16.6. The SMILES string of the molecule is COc1cc(C)cc(C)c1C(=O)c1ncccc1Cl. The molecule has 0 bridgehead atoms. The Hall–Kier alpha value is -1.87. The molecular weight excluding hydrogens is 262 g/mol. The van der Waals surface area contributed by atoms with Crippen LogP contribution in [0.2, 0.25) is 5.02 Å². The van der Waals surface area contributed by atoms with E-state index in [1.54, 1.807) is 25.4 Å². The molecule has 98 valence electrons. The number of benzene rings is 1. The van der Waals surface area contributed by atoms with Crippen LogP contribution in [0.5, 0.6) is 5.75 Å². The maximum Gasteiger partial charge on any atom is 0.216 e. The van der Waals surface area contributed by atoms with E-state index in [1.165, 1.54) is 0 Å². The monoisotopic (exact) mass is 275 g/mol. The summed E-state index contributed by atoms with van der Waals surface area (Å²) in [6, 6.07) is 7.11. The van der Waals surface area contributed by atoms with Gasteiger partial charge in [-0.15, -0.1) is 0 Å². The molecule has 0 radical (unpaired) electrons. The Morgan fingerprint density at radius 3 is 2.68 bits per heavy atom. The van der Waals surface area contributed by atoms with Crippen LogP contribution in [-0.2, 0) is 0 Å². The summed E-state index contributed by atoms with van der Waals surface area (Å²) in [5.74, 6) is 0.323. The number of hydrogen-bond acceptors (Lipinski definition) is 3. The molecule has 1 heterocycles. The lowest BCUT2D eigenvalue weighted by atomic mass is 9.98. The van der Waals surface area contributed by atoms with E-state index in [4.69, 9.17) is 16.3 Å². The minimum absolute atomic E-state index is 0.222. The Morgan fingerprint density at radius 1 is 1.32 bits per heavy atom. The summed E-state index contributed by atoms with van der Waals surface area (Å²) < 4.78 is 5.30. The van der Waals surface area contributed by atoms with E-state index >= 15 is 0 Å². The number of halogens is 1. The Kier molecular flexibility index (Phi) is 3.86. The number of nitrogens with zero attached hydrogens (tertiary/aromatic N) is 1. The van der Waals surface area contributed by atoms with Crippen molar-refractivity contribution in [3.8, 4) is 5.75 Å². The Balaban J connectivity index is 2.59. The molecule has 0 aliphatic carbocycles. The highest BCUT2D eigenvalue weighted by Crippen LogP contribution is 2.28. The second-order valence-electron chi connectivity index (χ2n) is 4.32. The van der Waals surface area contributed by atoms with E-state index in [0.29, 0.717) is 16.3 Å². The summed E-state index contributed by atoms with van der Waals surface area (Å²) >= 11 is 6.02. The van der Waals surface area contributed by atoms with Crippen LogP contribution >= 0.6 is 11.6 Å². The zero-order valence-corrected chi connectivity index (χ0v) is 11.8. The van der Waals surface area contributed by atoms with Crippen molar-refractivity contribution in [2.45, 2.75) is 13.8 Å². The smallest absolute Gasteiger partial charge is 0.216 e. The standard InChI is InChI=1S/C15H14ClNO2/c1-9-7-10(2)13(12(8-9)19-3)15(18)14-11(16)5-4-6-17-14/h4-8H,1-3H3. The average Bonchev–Trinajstić information content (AvgIpc) is 2.37. The molecule has 2 aromatic rings. The van der Waals surface area contributed by atoms with E-state index < -0.39 is 0 Å². The number of ether oxygens (including phenoxy) is 1. The average molecular weight is 276 g/mol. The van der Waals surface area contributed by atoms with Gasteiger partial charge in [0.25, 0.3) is 0 Å². The number of pyridine rings is 1. The lowest BCUT2D eigenvalue weighted by Crippen LogP contribution is -2.09. The van der Waals surface area contributed by atoms with Gasteiger partial charge in [0.2, 0.25) is 5.78 Å². The summed E-state index contributed by atoms with van der Waals surface area (Å²) in [6.45, 7) is 3.83. The molecule has 0 atom stereocenters. The number of methoxy groups -OCH3 is 1. The van der Waals surface area contributed by atoms with Crippen LogP contribution in [0.1, 0.15) is 27.2 Å². The van der Waals surface area contributed by atoms with Crippen molar-refractivity contribution in [3.05, 3.63) is 57.9 Å². The van der Waals surface area contributed by atoms with E-state index in [9.17, 15) is 4.79 Å². The number of hydrogen-bond donors (Lipinski definition) is 0. The predicted octanol–water partition coefficient (Wildman–Crippen LogP) is 3.59. The van der Waals surface area contributed by atoms with Crippen LogP contribution in [0, 0.1) is 13.8 Å². The molecule has 0 aliphatic rings. The van der Waals surface area contributed by atoms with Crippen LogP contribution in [-0.4, -0.2) is 17.9 Å². The van der Waals surface area contributed by atoms with Gasteiger partial charge in [-0.25, -0.2) is 0 Å². The molecule has 0 saturated carbocycles. The van der Waals surface area contributed by atoms with Gasteiger partial charge < -0.3 is 4.74 Å². The van der Waals surface area contributed by atoms with Gasteiger partial charge >= 0.3 is 0 Å². The van der Waals surface area contributed by atoms with Gasteiger partial charge in [0.15, 0.2) is 0 Å². The molecule has 0 amide bonds. The van der Waals surface area contributed by atoms with E-state index in [1.807, 2.05) is 26.0 Å². The Labute approximate surface area is 117 Å². The van der Waals surface area contributed by atoms with Crippen molar-refractivity contribution >= 4 is 17.4 Å². The quantitative estimate of drug-likeness (QED) is 0.804. The Morgan fingerprint density at radius 2 is 2.05 bits per heavy atom. The first-order valence-corrected chi connectivity index (χ1v) is 6.23. The summed E-state index contributed by atoms with van der Waals surface area (Å²) in [5.41, 5.74) is 2.64. The minimum atomic E-state index is -0.222. The Bertz CT molecular complexity index is 638. The highest BCUT2D eigenvalue weighted by molar-refractivity contribution is 6.34. The van der Waals surface area contributed by atoms with Gasteiger partial charge in [-0.1, -0.05) is 17.7 Å². The van der Waals surface area contributed by atoms with Gasteiger partial charge in [-0.2, -0.15) is 0 Å². The number of ketones is 1. The number of rotatable bonds is 3. The predicted molar refractivity (Wildman–Crippen MR) is 75.1 cm³/mol. The van der Waals surface area contributed by atoms with Crippen LogP contribution in [0.4, 0.5) is 0 Å². The van der Waals surface area contributed by atoms with Gasteiger partial charge in [0.05, 0.1) is 17.7 Å². The zero-order valence-electron chi connectivity index (χ0n) is 11.0. The lowest BCUT2D eigenvalue weighted by molar-refractivity contribution is 0.103. The molecule has 19 heavy (non-hydrogen) atoms. The number of aryl methyl sites for hydroxylation is 2. The molecule has 0 N–H and O–H groups in total. The van der Waals surface area contributed by atoms with Crippen molar-refractivity contribution in [1.29, 1.82) is 0 Å². The summed E-state index contributed by atoms with van der Waals surface area (Å²) in [7, 11) is 1.55. The van der Waals surface area contributed by atoms with Crippen molar-refractivity contribution in [2.24, 2.45) is 0 Å². The molecule has 0 fully saturated rings. The lowest BCUT2D eigenvalue weighted by Gasteiger charge is -2.12. The molecule has 2 rings (SSSR count). The molecule has 1 aromatic heterocycles. The highest BCUT2D eigenvalue weighted by atomic mass is 35.5. The molecule has 1 aromatic carbocycles. The molecule has 3 nitrogen and oxygen atoms in total. The molecule has 0 saturated heterocycles. The fraction of sp³-hybridized carbons (Fsp3) is 0.200. The van der Waals surface area contributed by atoms with E-state index in [2.05, 4.69) is 4.98 Å². The van der Waals surface area contributed by atoms with Crippen molar-refractivity contribution in [1.82, 2.24) is 4.98 Å². The fourth-order valence-electron chi connectivity index (χ4n) is 2.05. The number of carbonyl (C=O) groups excluding carboxylic acids is 1.